The number of quaternary nitrogens is 2. The van der Waals surface area contributed by atoms with E-state index in [1.807, 2.05) is 54.5 Å². The van der Waals surface area contributed by atoms with E-state index < -0.39 is 97.8 Å². The van der Waals surface area contributed by atoms with Crippen LogP contribution in [-0.2, 0) is 81.0 Å². The zero-order chi connectivity index (χ0) is 78.1. The topological polar surface area (TPSA) is 342 Å². The van der Waals surface area contributed by atoms with Gasteiger partial charge in [0.1, 0.15) is 88.7 Å². The molecule has 0 aromatic rings. The highest BCUT2D eigenvalue weighted by atomic mass is 16.8. The molecule has 29 nitrogen and oxygen atoms in total. The summed E-state index contributed by atoms with van der Waals surface area (Å²) in [4.78, 5) is 140. The first-order chi connectivity index (χ1) is 49.8. The molecule has 0 saturated carbocycles. The fourth-order valence-electron chi connectivity index (χ4n) is 11.1. The van der Waals surface area contributed by atoms with Gasteiger partial charge in [0.15, 0.2) is 0 Å². The summed E-state index contributed by atoms with van der Waals surface area (Å²) in [6.45, 7) is 21.6. The van der Waals surface area contributed by atoms with Gasteiger partial charge in [0, 0.05) is 60.0 Å². The smallest absolute Gasteiger partial charge is 0.408 e. The van der Waals surface area contributed by atoms with Crippen molar-refractivity contribution in [3.63, 3.8) is 0 Å². The molecule has 0 saturated heterocycles. The highest BCUT2D eigenvalue weighted by Crippen LogP contribution is 2.27. The van der Waals surface area contributed by atoms with Gasteiger partial charge in [0.25, 0.3) is 0 Å². The van der Waals surface area contributed by atoms with Crippen LogP contribution in [-0.4, -0.2) is 214 Å². The molecule has 0 aliphatic carbocycles. The first kappa shape index (κ1) is 97.3. The van der Waals surface area contributed by atoms with Crippen molar-refractivity contribution in [3.05, 3.63) is 12.2 Å². The number of methoxy groups -OCH3 is 2. The van der Waals surface area contributed by atoms with E-state index in [0.717, 1.165) is 103 Å². The number of nitrogens with zero attached hydrogens (tertiary/aromatic N) is 2. The van der Waals surface area contributed by atoms with Gasteiger partial charge in [-0.1, -0.05) is 129 Å². The number of nitrogens with one attached hydrogen (secondary N) is 5. The van der Waals surface area contributed by atoms with Crippen LogP contribution >= 0.6 is 0 Å². The van der Waals surface area contributed by atoms with Crippen molar-refractivity contribution in [2.24, 2.45) is 16.7 Å². The lowest BCUT2D eigenvalue weighted by molar-refractivity contribution is -1.09. The normalized spacial score (nSPS) is 14.1. The zero-order valence-corrected chi connectivity index (χ0v) is 66.4. The Labute approximate surface area is 622 Å². The van der Waals surface area contributed by atoms with E-state index >= 15 is 0 Å². The molecule has 0 heterocycles. The van der Waals surface area contributed by atoms with E-state index in [2.05, 4.69) is 46.5 Å². The molecule has 5 amide bonds. The zero-order valence-electron chi connectivity index (χ0n) is 66.4. The lowest BCUT2D eigenvalue weighted by atomic mass is 9.93. The summed E-state index contributed by atoms with van der Waals surface area (Å²) in [6.07, 6.45) is 19.5. The van der Waals surface area contributed by atoms with Crippen LogP contribution in [0.15, 0.2) is 12.2 Å². The molecule has 0 aliphatic rings. The number of alkyl carbamates (subject to hydrolysis) is 5. The van der Waals surface area contributed by atoms with Crippen molar-refractivity contribution in [1.82, 2.24) is 26.6 Å². The van der Waals surface area contributed by atoms with Crippen molar-refractivity contribution in [3.8, 4) is 0 Å². The molecule has 5 N–H and O–H groups in total. The SMILES string of the molecule is CCCCCCCCC(OC)C(CCCCCCCC(=O)OCC(C)COC(=O)CCCCCCCC=CCC(OC(=O)NCNC(=O)OCC(C)(COC(=O)NC)C(=O)O[N+](CC)(CC)CC)C(CCCCC)OC)OC(=O)NCCC(=O)OCC(C)(COC(=O)NC)C(=O)O[N+](CC)(CC)CC. The van der Waals surface area contributed by atoms with Crippen molar-refractivity contribution < 1.29 is 114 Å². The fourth-order valence-corrected chi connectivity index (χ4v) is 11.1. The summed E-state index contributed by atoms with van der Waals surface area (Å²) < 4.78 is 55.7. The van der Waals surface area contributed by atoms with Gasteiger partial charge in [-0.25, -0.2) is 33.6 Å². The number of unbranched alkanes of at least 4 members (excludes halogenated alkanes) is 16. The van der Waals surface area contributed by atoms with Gasteiger partial charge < -0.3 is 74.0 Å². The Hall–Kier alpha value is -6.72. The summed E-state index contributed by atoms with van der Waals surface area (Å²) in [5.41, 5.74) is -3.05. The standard InChI is InChI=1S/C75H137N7O22/c1-16-24-26-27-33-39-45-61(94-15)62(101-72(91)78-51-50-66(85)97-54-74(10,55-98-69(88)76-12)67(86)103-81(18-3,19-4)20-5)46-41-35-32-37-43-49-65(84)96-53-59(9)52-95-64(83)48-42-36-31-29-28-30-34-40-47-63(60(93-14)44-38-25-17-2)102-73(92)80-58-79-71(90)100-57-75(11,56-99-70(89)77-13)68(87)104-82(21-6,22-7)23-8/h34,40,59-63H,16-33,35-39,41-58H2,1-15H3,(H3-2,76,77,78,79,80,88,89,90,91,92)/p+2. The Morgan fingerprint density at radius 2 is 0.760 bits per heavy atom. The molecule has 0 bridgehead atoms. The monoisotopic (exact) mass is 1490 g/mol. The maximum Gasteiger partial charge on any atom is 0.408 e. The molecule has 0 spiro atoms. The Bertz CT molecular complexity index is 2420. The van der Waals surface area contributed by atoms with Gasteiger partial charge in [0.2, 0.25) is 0 Å². The molecule has 0 aliphatic heterocycles. The Morgan fingerprint density at radius 1 is 0.394 bits per heavy atom. The predicted molar refractivity (Wildman–Crippen MR) is 393 cm³/mol. The fraction of sp³-hybridized carbons (Fsp3) is 0.840. The Morgan fingerprint density at radius 3 is 1.22 bits per heavy atom. The first-order valence-corrected chi connectivity index (χ1v) is 38.6. The van der Waals surface area contributed by atoms with E-state index in [-0.39, 0.29) is 78.6 Å². The van der Waals surface area contributed by atoms with E-state index in [0.29, 0.717) is 84.2 Å². The summed E-state index contributed by atoms with van der Waals surface area (Å²) in [5, 5.41) is 12.3. The van der Waals surface area contributed by atoms with Gasteiger partial charge in [-0.05, 0) is 107 Å². The molecule has 0 fully saturated rings. The number of carbonyl (C=O) groups excluding carboxylic acids is 10. The Kier molecular flexibility index (Phi) is 54.7. The summed E-state index contributed by atoms with van der Waals surface area (Å²) in [7, 11) is 5.96. The third-order valence-electron chi connectivity index (χ3n) is 18.7. The molecule has 0 rings (SSSR count). The van der Waals surface area contributed by atoms with Gasteiger partial charge in [0.05, 0.1) is 38.5 Å². The number of allylic oxidation sites excluding steroid dienone is 1. The number of carbonyl (C=O) groups is 10. The molecule has 7 atom stereocenters. The Balaban J connectivity index is 4.95. The number of ether oxygens (including phenoxy) is 10. The summed E-state index contributed by atoms with van der Waals surface area (Å²) in [5.74, 6) is -2.85. The van der Waals surface area contributed by atoms with Crippen molar-refractivity contribution >= 4 is 60.3 Å². The second kappa shape index (κ2) is 58.5. The summed E-state index contributed by atoms with van der Waals surface area (Å²) in [6, 6.07) is 0. The van der Waals surface area contributed by atoms with Crippen molar-refractivity contribution in [2.45, 2.75) is 274 Å². The number of esters is 3. The third-order valence-corrected chi connectivity index (χ3v) is 18.7. The second-order valence-electron chi connectivity index (χ2n) is 27.3. The van der Waals surface area contributed by atoms with Crippen LogP contribution in [0.2, 0.25) is 0 Å². The lowest BCUT2D eigenvalue weighted by Crippen LogP contribution is -2.53. The minimum Gasteiger partial charge on any atom is -0.465 e. The van der Waals surface area contributed by atoms with Crippen LogP contribution in [0.3, 0.4) is 0 Å². The molecule has 104 heavy (non-hydrogen) atoms. The van der Waals surface area contributed by atoms with E-state index in [1.54, 1.807) is 14.2 Å². The molecule has 604 valence electrons. The van der Waals surface area contributed by atoms with E-state index in [1.165, 1.54) is 40.8 Å². The minimum atomic E-state index is -1.54. The number of hydroxylamine groups is 6. The largest absolute Gasteiger partial charge is 0.465 e. The quantitative estimate of drug-likeness (QED) is 0.00718. The maximum absolute atomic E-state index is 13.5. The maximum atomic E-state index is 13.5. The summed E-state index contributed by atoms with van der Waals surface area (Å²) >= 11 is 0. The van der Waals surface area contributed by atoms with Gasteiger partial charge in [-0.15, -0.1) is 9.29 Å². The second-order valence-corrected chi connectivity index (χ2v) is 27.3. The van der Waals surface area contributed by atoms with Gasteiger partial charge >= 0.3 is 60.3 Å². The van der Waals surface area contributed by atoms with Crippen LogP contribution < -0.4 is 26.6 Å². The van der Waals surface area contributed by atoms with Gasteiger partial charge in [-0.3, -0.25) is 24.1 Å². The lowest BCUT2D eigenvalue weighted by Gasteiger charge is -2.35. The third kappa shape index (κ3) is 43.7. The highest BCUT2D eigenvalue weighted by molar-refractivity contribution is 5.79. The van der Waals surface area contributed by atoms with E-state index in [9.17, 15) is 47.9 Å². The van der Waals surface area contributed by atoms with E-state index in [4.69, 9.17) is 57.0 Å². The molecular weight excluding hydrogens is 1350 g/mol. The van der Waals surface area contributed by atoms with Gasteiger partial charge in [-0.2, -0.15) is 0 Å². The number of hydrogen-bond donors (Lipinski definition) is 5. The molecule has 29 heteroatoms. The molecule has 0 aromatic carbocycles. The van der Waals surface area contributed by atoms with Crippen LogP contribution in [0.5, 0.6) is 0 Å². The van der Waals surface area contributed by atoms with Crippen molar-refractivity contribution in [2.75, 3.05) is 120 Å². The highest BCUT2D eigenvalue weighted by Gasteiger charge is 2.45. The number of hydrogen-bond acceptors (Lipinski definition) is 22. The molecular formula is C75H139N7O22+2. The number of amides is 5. The average molecular weight is 1490 g/mol. The van der Waals surface area contributed by atoms with Crippen molar-refractivity contribution in [1.29, 1.82) is 0 Å². The first-order valence-electron chi connectivity index (χ1n) is 38.6. The minimum absolute atomic E-state index is 0.0224. The molecule has 0 radical (unpaired) electrons. The van der Waals surface area contributed by atoms with Crippen LogP contribution in [0.1, 0.15) is 250 Å². The van der Waals surface area contributed by atoms with Crippen LogP contribution in [0.4, 0.5) is 24.0 Å². The average Bonchev–Trinajstić information content (AvgIpc) is 0.830. The van der Waals surface area contributed by atoms with Crippen LogP contribution in [0.25, 0.3) is 0 Å². The molecule has 0 aromatic heterocycles. The molecule has 7 unspecified atom stereocenters. The van der Waals surface area contributed by atoms with Crippen LogP contribution in [0, 0.1) is 16.7 Å². The number of rotatable bonds is 62. The predicted octanol–water partition coefficient (Wildman–Crippen LogP) is 12.7.